The molecule has 0 spiro atoms. The summed E-state index contributed by atoms with van der Waals surface area (Å²) in [5.74, 6) is 1.62. The van der Waals surface area contributed by atoms with E-state index in [0.29, 0.717) is 17.7 Å². The summed E-state index contributed by atoms with van der Waals surface area (Å²) in [4.78, 5) is 17.0. The van der Waals surface area contributed by atoms with Crippen LogP contribution in [0.5, 0.6) is 0 Å². The van der Waals surface area contributed by atoms with Crippen molar-refractivity contribution >= 4 is 130 Å². The first kappa shape index (κ1) is 43.2. The van der Waals surface area contributed by atoms with Crippen molar-refractivity contribution in [2.45, 2.75) is 0 Å². The molecule has 18 rings (SSSR count). The van der Waals surface area contributed by atoms with Crippen molar-refractivity contribution in [1.82, 2.24) is 33.2 Å². The van der Waals surface area contributed by atoms with Crippen molar-refractivity contribution in [1.29, 1.82) is 0 Å². The van der Waals surface area contributed by atoms with Gasteiger partial charge in [0.25, 0.3) is 0 Å². The Balaban J connectivity index is 0.979. The molecule has 0 amide bonds. The molecule has 0 saturated carbocycles. The fourth-order valence-electron chi connectivity index (χ4n) is 13.5. The first-order chi connectivity index (χ1) is 39.7. The van der Waals surface area contributed by atoms with Gasteiger partial charge >= 0.3 is 0 Å². The van der Waals surface area contributed by atoms with E-state index in [2.05, 4.69) is 273 Å². The Morgan fingerprint density at radius 2 is 0.525 bits per heavy atom. The molecule has 13 aromatic carbocycles. The summed E-state index contributed by atoms with van der Waals surface area (Å²) in [6.45, 7) is 0. The van der Waals surface area contributed by atoms with Gasteiger partial charge in [0.05, 0.1) is 44.1 Å². The first-order valence-corrected chi connectivity index (χ1v) is 27.3. The van der Waals surface area contributed by atoms with E-state index in [0.717, 1.165) is 93.4 Å². The highest BCUT2D eigenvalue weighted by Gasteiger charge is 2.27. The molecule has 0 unspecified atom stereocenters. The van der Waals surface area contributed by atoms with E-state index < -0.39 is 0 Å². The molecule has 18 aromatic rings. The van der Waals surface area contributed by atoms with Gasteiger partial charge in [-0.2, -0.15) is 15.0 Å². The van der Waals surface area contributed by atoms with E-state index in [1.807, 2.05) is 6.07 Å². The maximum absolute atomic E-state index is 5.81. The molecule has 0 saturated heterocycles. The Bertz CT molecular complexity index is 5350. The van der Waals surface area contributed by atoms with Crippen LogP contribution in [0.2, 0.25) is 0 Å². The minimum Gasteiger partial charge on any atom is -0.307 e. The number of aromatic nitrogens is 7. The second-order valence-electron chi connectivity index (χ2n) is 21.1. The van der Waals surface area contributed by atoms with Crippen LogP contribution in [-0.4, -0.2) is 33.2 Å². The smallest absolute Gasteiger partial charge is 0.240 e. The summed E-state index contributed by atoms with van der Waals surface area (Å²) in [5, 5.41) is 18.8. The summed E-state index contributed by atoms with van der Waals surface area (Å²) < 4.78 is 9.52. The number of fused-ring (bicyclic) bond motifs is 20. The predicted molar refractivity (Wildman–Crippen MR) is 333 cm³/mol. The van der Waals surface area contributed by atoms with E-state index in [4.69, 9.17) is 15.0 Å². The van der Waals surface area contributed by atoms with Gasteiger partial charge in [0.2, 0.25) is 11.9 Å². The van der Waals surface area contributed by atoms with Crippen LogP contribution >= 0.6 is 0 Å². The molecule has 0 N–H and O–H groups in total. The number of rotatable bonds is 5. The zero-order chi connectivity index (χ0) is 52.2. The van der Waals surface area contributed by atoms with Crippen molar-refractivity contribution in [3.8, 4) is 34.7 Å². The molecule has 7 heteroatoms. The monoisotopic (exact) mass is 1020 g/mol. The molecule has 5 aromatic heterocycles. The van der Waals surface area contributed by atoms with Gasteiger partial charge in [-0.05, 0) is 91.6 Å². The average molecular weight is 1020 g/mol. The molecule has 80 heavy (non-hydrogen) atoms. The first-order valence-electron chi connectivity index (χ1n) is 27.3. The Hall–Kier alpha value is -10.9. The Kier molecular flexibility index (Phi) is 8.82. The lowest BCUT2D eigenvalue weighted by Crippen LogP contribution is -2.11. The molecular formula is C73H43N7. The third kappa shape index (κ3) is 6.00. The van der Waals surface area contributed by atoms with E-state index in [9.17, 15) is 0 Å². The van der Waals surface area contributed by atoms with E-state index in [-0.39, 0.29) is 0 Å². The second-order valence-corrected chi connectivity index (χ2v) is 21.1. The van der Waals surface area contributed by atoms with Crippen LogP contribution in [0, 0.1) is 0 Å². The van der Waals surface area contributed by atoms with E-state index in [1.165, 1.54) is 53.9 Å². The quantitative estimate of drug-likeness (QED) is 0.161. The summed E-state index contributed by atoms with van der Waals surface area (Å²) in [6.07, 6.45) is 0. The van der Waals surface area contributed by atoms with Gasteiger partial charge in [0.1, 0.15) is 0 Å². The normalized spacial score (nSPS) is 12.2. The molecule has 0 aliphatic rings. The Morgan fingerprint density at radius 3 is 0.938 bits per heavy atom. The number of benzene rings is 13. The van der Waals surface area contributed by atoms with Gasteiger partial charge in [0, 0.05) is 60.0 Å². The highest BCUT2D eigenvalue weighted by Crippen LogP contribution is 2.45. The molecule has 0 aliphatic heterocycles. The van der Waals surface area contributed by atoms with Crippen molar-refractivity contribution in [2.24, 2.45) is 0 Å². The number of hydrogen-bond donors (Lipinski definition) is 0. The molecule has 7 nitrogen and oxygen atoms in total. The van der Waals surface area contributed by atoms with Gasteiger partial charge < -0.3 is 9.13 Å². The zero-order valence-electron chi connectivity index (χ0n) is 43.0. The molecule has 0 aliphatic carbocycles. The number of nitrogens with zero attached hydrogens (tertiary/aromatic N) is 7. The third-order valence-electron chi connectivity index (χ3n) is 17.0. The van der Waals surface area contributed by atoms with Crippen molar-refractivity contribution < 1.29 is 0 Å². The van der Waals surface area contributed by atoms with Crippen LogP contribution in [0.15, 0.2) is 261 Å². The second kappa shape index (κ2) is 16.3. The lowest BCUT2D eigenvalue weighted by atomic mass is 10.0. The maximum Gasteiger partial charge on any atom is 0.240 e. The molecule has 0 atom stereocenters. The molecule has 370 valence electrons. The van der Waals surface area contributed by atoms with E-state index in [1.54, 1.807) is 0 Å². The molecular weight excluding hydrogens is 975 g/mol. The molecule has 0 fully saturated rings. The van der Waals surface area contributed by atoms with Gasteiger partial charge in [-0.3, -0.25) is 9.13 Å². The van der Waals surface area contributed by atoms with Crippen LogP contribution in [-0.2, 0) is 0 Å². The van der Waals surface area contributed by atoms with Crippen molar-refractivity contribution in [3.63, 3.8) is 0 Å². The fourth-order valence-corrected chi connectivity index (χ4v) is 13.5. The van der Waals surface area contributed by atoms with Crippen molar-refractivity contribution in [3.05, 3.63) is 261 Å². The minimum absolute atomic E-state index is 0.522. The Labute approximate surface area is 456 Å². The maximum atomic E-state index is 5.81. The average Bonchev–Trinajstić information content (AvgIpc) is 4.38. The van der Waals surface area contributed by atoms with Crippen LogP contribution in [0.25, 0.3) is 165 Å². The van der Waals surface area contributed by atoms with E-state index >= 15 is 0 Å². The zero-order valence-corrected chi connectivity index (χ0v) is 43.0. The van der Waals surface area contributed by atoms with Crippen LogP contribution in [0.1, 0.15) is 0 Å². The summed E-state index contributed by atoms with van der Waals surface area (Å²) in [7, 11) is 0. The van der Waals surface area contributed by atoms with Gasteiger partial charge in [-0.25, -0.2) is 0 Å². The number of para-hydroxylation sites is 4. The lowest BCUT2D eigenvalue weighted by Gasteiger charge is -2.15. The van der Waals surface area contributed by atoms with Gasteiger partial charge in [0.15, 0.2) is 5.82 Å². The minimum atomic E-state index is 0.522. The van der Waals surface area contributed by atoms with Crippen LogP contribution < -0.4 is 0 Å². The molecule has 5 heterocycles. The summed E-state index contributed by atoms with van der Waals surface area (Å²) >= 11 is 0. The topological polar surface area (TPSA) is 58.4 Å². The van der Waals surface area contributed by atoms with Gasteiger partial charge in [-0.1, -0.05) is 212 Å². The van der Waals surface area contributed by atoms with Crippen molar-refractivity contribution in [2.75, 3.05) is 0 Å². The number of hydrogen-bond acceptors (Lipinski definition) is 3. The third-order valence-corrected chi connectivity index (χ3v) is 17.0. The summed E-state index contributed by atoms with van der Waals surface area (Å²) in [5.41, 5.74) is 11.5. The van der Waals surface area contributed by atoms with Crippen LogP contribution in [0.3, 0.4) is 0 Å². The summed E-state index contributed by atoms with van der Waals surface area (Å²) in [6, 6.07) is 94.6. The lowest BCUT2D eigenvalue weighted by molar-refractivity contribution is 0.893. The highest BCUT2D eigenvalue weighted by atomic mass is 15.3. The molecule has 0 radical (unpaired) electrons. The highest BCUT2D eigenvalue weighted by molar-refractivity contribution is 6.26. The van der Waals surface area contributed by atoms with Crippen LogP contribution in [0.4, 0.5) is 0 Å². The standard InChI is InChI=1S/C73H43N7/c1-2-18-48(19-3-1)71-74-72(79-65-28-14-10-24-55(65)59-40-38-57-53-22-8-12-26-63(53)77(67(57)69(59)79)49-36-34-46-32-30-44-16-4-6-20-51(44)61(46)42-49)76-73(75-71)80-66-29-15-11-25-56(66)60-41-39-58-54-23-9-13-27-64(54)78(68(58)70(60)80)50-37-35-47-33-31-45-17-5-7-21-52(45)62(47)43-50/h1-43H. The predicted octanol–water partition coefficient (Wildman–Crippen LogP) is 18.5. The Morgan fingerprint density at radius 1 is 0.212 bits per heavy atom. The van der Waals surface area contributed by atoms with Gasteiger partial charge in [-0.15, -0.1) is 0 Å². The SMILES string of the molecule is c1ccc(-c2nc(-n3c4ccccc4c4ccc5c6ccccc6n(-c6ccc7ccc8ccccc8c7c6)c5c43)nc(-n3c4ccccc4c4ccc5c6ccccc6n(-c6ccc7ccc8ccccc8c7c6)c5c43)n2)cc1. The fraction of sp³-hybridized carbons (Fsp3) is 0. The molecule has 0 bridgehead atoms. The largest absolute Gasteiger partial charge is 0.307 e.